The minimum absolute atomic E-state index is 0.165. The number of benzene rings is 1. The van der Waals surface area contributed by atoms with Crippen molar-refractivity contribution in [3.05, 3.63) is 52.3 Å². The first-order chi connectivity index (χ1) is 13.7. The fraction of sp³-hybridized carbons (Fsp3) is 0.565. The summed E-state index contributed by atoms with van der Waals surface area (Å²) in [5, 5.41) is 7.60. The van der Waals surface area contributed by atoms with Gasteiger partial charge in [0.25, 0.3) is 5.91 Å². The lowest BCUT2D eigenvalue weighted by Crippen LogP contribution is -2.60. The Hall–Kier alpha value is -2.14. The third-order valence-corrected chi connectivity index (χ3v) is 7.77. The van der Waals surface area contributed by atoms with Crippen LogP contribution in [0.1, 0.15) is 58.1 Å². The zero-order chi connectivity index (χ0) is 18.8. The van der Waals surface area contributed by atoms with E-state index < -0.39 is 0 Å². The molecule has 0 saturated carbocycles. The molecule has 5 heterocycles. The lowest BCUT2D eigenvalue weighted by Gasteiger charge is -2.51. The molecule has 7 rings (SSSR count). The Balaban J connectivity index is 1.38. The van der Waals surface area contributed by atoms with E-state index in [9.17, 15) is 4.79 Å². The van der Waals surface area contributed by atoms with Gasteiger partial charge in [-0.15, -0.1) is 0 Å². The zero-order valence-electron chi connectivity index (χ0n) is 16.5. The number of aromatic nitrogens is 2. The van der Waals surface area contributed by atoms with E-state index in [0.29, 0.717) is 29.6 Å². The Bertz CT molecular complexity index is 909. The fourth-order valence-electron chi connectivity index (χ4n) is 6.39. The number of carbonyl (C=O) groups excluding carboxylic acids is 1. The summed E-state index contributed by atoms with van der Waals surface area (Å²) < 4.78 is 0. The summed E-state index contributed by atoms with van der Waals surface area (Å²) in [6.45, 7) is 5.34. The van der Waals surface area contributed by atoms with Crippen LogP contribution in [0.3, 0.4) is 0 Å². The number of hydrogen-bond acceptors (Lipinski definition) is 3. The van der Waals surface area contributed by atoms with E-state index in [1.54, 1.807) is 0 Å². The number of fused-ring (bicyclic) bond motifs is 3. The van der Waals surface area contributed by atoms with Gasteiger partial charge < -0.3 is 4.90 Å². The Morgan fingerprint density at radius 3 is 2.68 bits per heavy atom. The summed E-state index contributed by atoms with van der Waals surface area (Å²) in [6, 6.07) is 9.79. The van der Waals surface area contributed by atoms with Crippen molar-refractivity contribution in [1.29, 1.82) is 0 Å². The lowest BCUT2D eigenvalue weighted by molar-refractivity contribution is -0.00361. The zero-order valence-corrected chi connectivity index (χ0v) is 16.5. The maximum absolute atomic E-state index is 13.7. The largest absolute Gasteiger partial charge is 0.332 e. The van der Waals surface area contributed by atoms with Crippen molar-refractivity contribution >= 4 is 5.91 Å². The van der Waals surface area contributed by atoms with Gasteiger partial charge in [-0.2, -0.15) is 5.10 Å². The quantitative estimate of drug-likeness (QED) is 0.877. The van der Waals surface area contributed by atoms with Gasteiger partial charge in [0.2, 0.25) is 0 Å². The molecule has 2 bridgehead atoms. The summed E-state index contributed by atoms with van der Waals surface area (Å²) in [6.07, 6.45) is 5.61. The standard InChI is InChI=1S/C23H28N4O/c1-14-5-7-15(8-6-14)18-13-27(21-16-9-11-26(12-10-16)22(18)21)23(28)20-17-3-2-4-19(17)24-25-20/h5-8,16,18,21-22H,2-4,9-13H2,1H3,(H,24,25)/t18-,21+,22+/m0/s1. The number of aromatic amines is 1. The third kappa shape index (κ3) is 2.35. The van der Waals surface area contributed by atoms with E-state index in [4.69, 9.17) is 0 Å². The summed E-state index contributed by atoms with van der Waals surface area (Å²) in [5.74, 6) is 1.21. The Kier molecular flexibility index (Phi) is 3.70. The fourth-order valence-corrected chi connectivity index (χ4v) is 6.39. The normalized spacial score (nSPS) is 33.2. The number of likely N-dealkylation sites (tertiary alicyclic amines) is 1. The lowest BCUT2D eigenvalue weighted by atomic mass is 9.75. The van der Waals surface area contributed by atoms with E-state index in [1.807, 2.05) is 0 Å². The molecule has 4 aliphatic heterocycles. The molecule has 2 aromatic rings. The number of H-pyrrole nitrogens is 1. The van der Waals surface area contributed by atoms with Crippen molar-refractivity contribution in [2.24, 2.45) is 5.92 Å². The number of nitrogens with zero attached hydrogens (tertiary/aromatic N) is 3. The molecule has 4 saturated heterocycles. The first-order valence-corrected chi connectivity index (χ1v) is 10.9. The molecule has 28 heavy (non-hydrogen) atoms. The maximum Gasteiger partial charge on any atom is 0.274 e. The Morgan fingerprint density at radius 1 is 1.11 bits per heavy atom. The van der Waals surface area contributed by atoms with E-state index >= 15 is 0 Å². The van der Waals surface area contributed by atoms with Gasteiger partial charge in [0.15, 0.2) is 5.69 Å². The molecule has 1 N–H and O–H groups in total. The van der Waals surface area contributed by atoms with Crippen molar-refractivity contribution in [2.75, 3.05) is 19.6 Å². The third-order valence-electron chi connectivity index (χ3n) is 7.77. The average molecular weight is 377 g/mol. The molecule has 5 heteroatoms. The number of piperidine rings is 3. The highest BCUT2D eigenvalue weighted by Gasteiger charge is 2.55. The highest BCUT2D eigenvalue weighted by Crippen LogP contribution is 2.47. The topological polar surface area (TPSA) is 52.2 Å². The van der Waals surface area contributed by atoms with Crippen LogP contribution in [0.5, 0.6) is 0 Å². The van der Waals surface area contributed by atoms with Crippen molar-refractivity contribution in [1.82, 2.24) is 20.0 Å². The molecular formula is C23H28N4O. The summed E-state index contributed by atoms with van der Waals surface area (Å²) >= 11 is 0. The molecule has 146 valence electrons. The van der Waals surface area contributed by atoms with Gasteiger partial charge in [-0.1, -0.05) is 29.8 Å². The van der Waals surface area contributed by atoms with Gasteiger partial charge in [-0.05, 0) is 63.6 Å². The van der Waals surface area contributed by atoms with Crippen LogP contribution in [0.2, 0.25) is 0 Å². The van der Waals surface area contributed by atoms with E-state index in [1.165, 1.54) is 48.3 Å². The van der Waals surface area contributed by atoms with Crippen LogP contribution in [0.25, 0.3) is 0 Å². The predicted octanol–water partition coefficient (Wildman–Crippen LogP) is 2.91. The molecule has 5 nitrogen and oxygen atoms in total. The van der Waals surface area contributed by atoms with Crippen LogP contribution in [0.4, 0.5) is 0 Å². The van der Waals surface area contributed by atoms with Crippen LogP contribution in [0, 0.1) is 12.8 Å². The first-order valence-electron chi connectivity index (χ1n) is 10.9. The second kappa shape index (κ2) is 6.18. The van der Waals surface area contributed by atoms with Crippen molar-refractivity contribution in [3.63, 3.8) is 0 Å². The minimum atomic E-state index is 0.165. The highest BCUT2D eigenvalue weighted by atomic mass is 16.2. The second-order valence-corrected chi connectivity index (χ2v) is 9.21. The SMILES string of the molecule is Cc1ccc([C@@H]2CN(C(=O)c3n[nH]c4c3CCC4)[C@@H]3C4CCN(CC4)[C@@H]32)cc1. The molecule has 1 aromatic heterocycles. The van der Waals surface area contributed by atoms with Gasteiger partial charge in [0.1, 0.15) is 0 Å². The number of rotatable bonds is 2. The first kappa shape index (κ1) is 16.8. The minimum Gasteiger partial charge on any atom is -0.332 e. The van der Waals surface area contributed by atoms with Crippen molar-refractivity contribution in [3.8, 4) is 0 Å². The molecule has 1 aromatic carbocycles. The van der Waals surface area contributed by atoms with Gasteiger partial charge in [-0.3, -0.25) is 14.8 Å². The number of carbonyl (C=O) groups is 1. The smallest absolute Gasteiger partial charge is 0.274 e. The molecular weight excluding hydrogens is 348 g/mol. The molecule has 0 radical (unpaired) electrons. The maximum atomic E-state index is 13.7. The molecule has 1 amide bonds. The predicted molar refractivity (Wildman–Crippen MR) is 107 cm³/mol. The molecule has 4 fully saturated rings. The number of hydrogen-bond donors (Lipinski definition) is 1. The van der Waals surface area contributed by atoms with Crippen molar-refractivity contribution < 1.29 is 4.79 Å². The Labute approximate surface area is 166 Å². The highest BCUT2D eigenvalue weighted by molar-refractivity contribution is 5.95. The van der Waals surface area contributed by atoms with Crippen LogP contribution in [-0.2, 0) is 12.8 Å². The van der Waals surface area contributed by atoms with Gasteiger partial charge in [-0.25, -0.2) is 0 Å². The molecule has 0 unspecified atom stereocenters. The molecule has 0 spiro atoms. The summed E-state index contributed by atoms with van der Waals surface area (Å²) in [5.41, 5.74) is 5.75. The molecule has 5 aliphatic rings. The Morgan fingerprint density at radius 2 is 1.89 bits per heavy atom. The summed E-state index contributed by atoms with van der Waals surface area (Å²) in [4.78, 5) is 18.5. The van der Waals surface area contributed by atoms with E-state index in [2.05, 4.69) is 51.2 Å². The van der Waals surface area contributed by atoms with Crippen LogP contribution >= 0.6 is 0 Å². The van der Waals surface area contributed by atoms with Crippen LogP contribution in [-0.4, -0.2) is 57.6 Å². The number of nitrogens with one attached hydrogen (secondary N) is 1. The van der Waals surface area contributed by atoms with Crippen molar-refractivity contribution in [2.45, 2.75) is 57.0 Å². The average Bonchev–Trinajstić information content (AvgIpc) is 3.44. The number of aryl methyl sites for hydroxylation is 2. The molecule has 1 aliphatic carbocycles. The van der Waals surface area contributed by atoms with E-state index in [0.717, 1.165) is 25.8 Å². The monoisotopic (exact) mass is 376 g/mol. The number of amides is 1. The van der Waals surface area contributed by atoms with Crippen LogP contribution < -0.4 is 0 Å². The second-order valence-electron chi connectivity index (χ2n) is 9.21. The van der Waals surface area contributed by atoms with E-state index in [-0.39, 0.29) is 5.91 Å². The summed E-state index contributed by atoms with van der Waals surface area (Å²) in [7, 11) is 0. The molecule has 3 atom stereocenters. The van der Waals surface area contributed by atoms with Crippen LogP contribution in [0.15, 0.2) is 24.3 Å². The van der Waals surface area contributed by atoms with Gasteiger partial charge >= 0.3 is 0 Å². The van der Waals surface area contributed by atoms with Gasteiger partial charge in [0.05, 0.1) is 6.04 Å². The van der Waals surface area contributed by atoms with Gasteiger partial charge in [0, 0.05) is 29.8 Å².